The Morgan fingerprint density at radius 2 is 2.00 bits per heavy atom. The SMILES string of the molecule is CC(C)CC#CCCN. The average molecular weight is 125 g/mol. The van der Waals surface area contributed by atoms with E-state index in [9.17, 15) is 0 Å². The summed E-state index contributed by atoms with van der Waals surface area (Å²) in [5.41, 5.74) is 5.24. The Labute approximate surface area is 57.6 Å². The van der Waals surface area contributed by atoms with Crippen LogP contribution in [0.4, 0.5) is 0 Å². The van der Waals surface area contributed by atoms with Gasteiger partial charge in [-0.15, -0.1) is 11.8 Å². The van der Waals surface area contributed by atoms with E-state index >= 15 is 0 Å². The summed E-state index contributed by atoms with van der Waals surface area (Å²) in [4.78, 5) is 0. The van der Waals surface area contributed by atoms with Crippen molar-refractivity contribution in [1.29, 1.82) is 0 Å². The van der Waals surface area contributed by atoms with Gasteiger partial charge in [0.2, 0.25) is 0 Å². The monoisotopic (exact) mass is 125 g/mol. The van der Waals surface area contributed by atoms with Crippen LogP contribution in [0.5, 0.6) is 0 Å². The number of hydrogen-bond donors (Lipinski definition) is 1. The van der Waals surface area contributed by atoms with E-state index in [1.165, 1.54) is 0 Å². The zero-order chi connectivity index (χ0) is 7.11. The lowest BCUT2D eigenvalue weighted by atomic mass is 10.1. The molecule has 0 aromatic carbocycles. The first-order valence-electron chi connectivity index (χ1n) is 3.43. The molecule has 0 aromatic heterocycles. The minimum atomic E-state index is 0.686. The third-order valence-electron chi connectivity index (χ3n) is 0.905. The molecular formula is C8H15N. The van der Waals surface area contributed by atoms with Crippen molar-refractivity contribution >= 4 is 0 Å². The molecular weight excluding hydrogens is 110 g/mol. The second kappa shape index (κ2) is 5.65. The van der Waals surface area contributed by atoms with Crippen LogP contribution < -0.4 is 5.73 Å². The van der Waals surface area contributed by atoms with E-state index in [0.717, 1.165) is 12.8 Å². The molecule has 0 fully saturated rings. The molecule has 0 saturated heterocycles. The highest BCUT2D eigenvalue weighted by Crippen LogP contribution is 1.95. The van der Waals surface area contributed by atoms with Crippen molar-refractivity contribution in [1.82, 2.24) is 0 Å². The van der Waals surface area contributed by atoms with Gasteiger partial charge in [0.05, 0.1) is 0 Å². The summed E-state index contributed by atoms with van der Waals surface area (Å²) in [6.07, 6.45) is 1.84. The highest BCUT2D eigenvalue weighted by molar-refractivity contribution is 4.99. The van der Waals surface area contributed by atoms with Gasteiger partial charge < -0.3 is 5.73 Å². The molecule has 0 aromatic rings. The fraction of sp³-hybridized carbons (Fsp3) is 0.750. The average Bonchev–Trinajstić information content (AvgIpc) is 1.80. The molecule has 0 aliphatic rings. The van der Waals surface area contributed by atoms with Gasteiger partial charge in [-0.1, -0.05) is 13.8 Å². The third kappa shape index (κ3) is 7.52. The lowest BCUT2D eigenvalue weighted by Gasteiger charge is -1.92. The van der Waals surface area contributed by atoms with Crippen molar-refractivity contribution in [3.8, 4) is 11.8 Å². The van der Waals surface area contributed by atoms with Gasteiger partial charge in [-0.25, -0.2) is 0 Å². The highest BCUT2D eigenvalue weighted by atomic mass is 14.5. The summed E-state index contributed by atoms with van der Waals surface area (Å²) >= 11 is 0. The van der Waals surface area contributed by atoms with Crippen LogP contribution in [0, 0.1) is 17.8 Å². The lowest BCUT2D eigenvalue weighted by Crippen LogP contribution is -1.95. The first-order chi connectivity index (χ1) is 4.27. The Kier molecular flexibility index (Phi) is 5.35. The van der Waals surface area contributed by atoms with Crippen LogP contribution in [0.1, 0.15) is 26.7 Å². The molecule has 0 aliphatic carbocycles. The minimum Gasteiger partial charge on any atom is -0.330 e. The maximum absolute atomic E-state index is 5.24. The van der Waals surface area contributed by atoms with Gasteiger partial charge in [0, 0.05) is 19.4 Å². The van der Waals surface area contributed by atoms with Gasteiger partial charge in [-0.2, -0.15) is 0 Å². The summed E-state index contributed by atoms with van der Waals surface area (Å²) in [6.45, 7) is 5.01. The van der Waals surface area contributed by atoms with Gasteiger partial charge in [0.1, 0.15) is 0 Å². The molecule has 0 spiro atoms. The maximum atomic E-state index is 5.24. The fourth-order valence-corrected chi connectivity index (χ4v) is 0.437. The Morgan fingerprint density at radius 1 is 1.33 bits per heavy atom. The Morgan fingerprint density at radius 3 is 2.44 bits per heavy atom. The summed E-state index contributed by atoms with van der Waals surface area (Å²) in [6, 6.07) is 0. The Hall–Kier alpha value is -0.480. The first kappa shape index (κ1) is 8.52. The zero-order valence-corrected chi connectivity index (χ0v) is 6.28. The lowest BCUT2D eigenvalue weighted by molar-refractivity contribution is 0.675. The highest BCUT2D eigenvalue weighted by Gasteiger charge is 1.84. The molecule has 0 bridgehead atoms. The second-order valence-corrected chi connectivity index (χ2v) is 2.49. The van der Waals surface area contributed by atoms with Gasteiger partial charge in [-0.3, -0.25) is 0 Å². The van der Waals surface area contributed by atoms with Crippen molar-refractivity contribution in [2.45, 2.75) is 26.7 Å². The molecule has 0 unspecified atom stereocenters. The molecule has 1 heteroatoms. The summed E-state index contributed by atoms with van der Waals surface area (Å²) in [5.74, 6) is 6.74. The van der Waals surface area contributed by atoms with Crippen molar-refractivity contribution in [2.24, 2.45) is 11.7 Å². The smallest absolute Gasteiger partial charge is 0.0212 e. The fourth-order valence-electron chi connectivity index (χ4n) is 0.437. The van der Waals surface area contributed by atoms with Crippen molar-refractivity contribution in [2.75, 3.05) is 6.54 Å². The Balaban J connectivity index is 3.16. The van der Waals surface area contributed by atoms with E-state index < -0.39 is 0 Å². The quantitative estimate of drug-likeness (QED) is 0.554. The standard InChI is InChI=1S/C8H15N/c1-8(2)6-4-3-5-7-9/h8H,5-7,9H2,1-2H3. The van der Waals surface area contributed by atoms with Gasteiger partial charge >= 0.3 is 0 Å². The molecule has 0 aliphatic heterocycles. The predicted octanol–water partition coefficient (Wildman–Crippen LogP) is 1.38. The zero-order valence-electron chi connectivity index (χ0n) is 6.28. The molecule has 52 valence electrons. The van der Waals surface area contributed by atoms with Crippen molar-refractivity contribution < 1.29 is 0 Å². The van der Waals surface area contributed by atoms with Crippen LogP contribution in [-0.4, -0.2) is 6.54 Å². The largest absolute Gasteiger partial charge is 0.330 e. The van der Waals surface area contributed by atoms with E-state index in [-0.39, 0.29) is 0 Å². The van der Waals surface area contributed by atoms with E-state index in [2.05, 4.69) is 25.7 Å². The van der Waals surface area contributed by atoms with Crippen LogP contribution in [0.25, 0.3) is 0 Å². The molecule has 0 atom stereocenters. The second-order valence-electron chi connectivity index (χ2n) is 2.49. The van der Waals surface area contributed by atoms with E-state index in [1.807, 2.05) is 0 Å². The first-order valence-corrected chi connectivity index (χ1v) is 3.43. The molecule has 0 saturated carbocycles. The molecule has 0 radical (unpaired) electrons. The molecule has 9 heavy (non-hydrogen) atoms. The summed E-state index contributed by atoms with van der Waals surface area (Å²) in [5, 5.41) is 0. The summed E-state index contributed by atoms with van der Waals surface area (Å²) < 4.78 is 0. The molecule has 0 rings (SSSR count). The molecule has 0 heterocycles. The van der Waals surface area contributed by atoms with Crippen LogP contribution in [0.3, 0.4) is 0 Å². The van der Waals surface area contributed by atoms with E-state index in [1.54, 1.807) is 0 Å². The maximum Gasteiger partial charge on any atom is 0.0212 e. The van der Waals surface area contributed by atoms with Crippen LogP contribution in [-0.2, 0) is 0 Å². The number of hydrogen-bond acceptors (Lipinski definition) is 1. The van der Waals surface area contributed by atoms with Crippen molar-refractivity contribution in [3.05, 3.63) is 0 Å². The third-order valence-corrected chi connectivity index (χ3v) is 0.905. The number of nitrogens with two attached hydrogens (primary N) is 1. The van der Waals surface area contributed by atoms with Gasteiger partial charge in [0.15, 0.2) is 0 Å². The Bertz CT molecular complexity index is 105. The molecule has 0 amide bonds. The molecule has 2 N–H and O–H groups in total. The number of rotatable bonds is 2. The van der Waals surface area contributed by atoms with Gasteiger partial charge in [-0.05, 0) is 5.92 Å². The summed E-state index contributed by atoms with van der Waals surface area (Å²) in [7, 11) is 0. The molecule has 1 nitrogen and oxygen atoms in total. The van der Waals surface area contributed by atoms with E-state index in [0.29, 0.717) is 12.5 Å². The van der Waals surface area contributed by atoms with Crippen LogP contribution >= 0.6 is 0 Å². The van der Waals surface area contributed by atoms with Gasteiger partial charge in [0.25, 0.3) is 0 Å². The topological polar surface area (TPSA) is 26.0 Å². The van der Waals surface area contributed by atoms with Crippen molar-refractivity contribution in [3.63, 3.8) is 0 Å². The predicted molar refractivity (Wildman–Crippen MR) is 40.9 cm³/mol. The normalized spacial score (nSPS) is 8.89. The van der Waals surface area contributed by atoms with Crippen LogP contribution in [0.2, 0.25) is 0 Å². The van der Waals surface area contributed by atoms with E-state index in [4.69, 9.17) is 5.73 Å². The van der Waals surface area contributed by atoms with Crippen LogP contribution in [0.15, 0.2) is 0 Å². The minimum absolute atomic E-state index is 0.686.